The lowest BCUT2D eigenvalue weighted by atomic mass is 10.1. The third-order valence-electron chi connectivity index (χ3n) is 5.63. The molecule has 0 atom stereocenters. The summed E-state index contributed by atoms with van der Waals surface area (Å²) in [6.45, 7) is 6.78. The van der Waals surface area contributed by atoms with Crippen LogP contribution in [0.4, 0.5) is 5.69 Å². The van der Waals surface area contributed by atoms with Gasteiger partial charge in [-0.15, -0.1) is 0 Å². The smallest absolute Gasteiger partial charge is 0.231 e. The molecule has 0 saturated carbocycles. The minimum Gasteiger partial charge on any atom is -0.497 e. The Morgan fingerprint density at radius 3 is 2.61 bits per heavy atom. The molecule has 0 aliphatic carbocycles. The van der Waals surface area contributed by atoms with Gasteiger partial charge < -0.3 is 29.6 Å². The quantitative estimate of drug-likeness (QED) is 0.251. The van der Waals surface area contributed by atoms with E-state index in [9.17, 15) is 0 Å². The largest absolute Gasteiger partial charge is 0.497 e. The Balaban J connectivity index is 0.00000148. The molecule has 3 aromatic carbocycles. The highest BCUT2D eigenvalue weighted by Crippen LogP contribution is 2.35. The summed E-state index contributed by atoms with van der Waals surface area (Å²) in [4.78, 5) is 4.52. The molecule has 1 aliphatic rings. The predicted octanol–water partition coefficient (Wildman–Crippen LogP) is 6.38. The fourth-order valence-electron chi connectivity index (χ4n) is 3.94. The van der Waals surface area contributed by atoms with Crippen molar-refractivity contribution in [2.75, 3.05) is 32.3 Å². The molecule has 7 heteroatoms. The standard InChI is InChI=1S/C27H27N3O4.C2H6/c1-31-20-6-3-7-21(15-20)34-22-9-10-23-24(11-14-30-25(23)16-22)29-13-4-12-28-17-19-5-2-8-26-27(19)33-18-32-26;1-2/h2-3,5-11,14-16,28H,4,12-13,17-18H2,1H3,(H,29,30);1-2H3. The van der Waals surface area contributed by atoms with E-state index in [0.717, 1.165) is 77.0 Å². The summed E-state index contributed by atoms with van der Waals surface area (Å²) in [7, 11) is 1.64. The maximum absolute atomic E-state index is 5.99. The van der Waals surface area contributed by atoms with Crippen molar-refractivity contribution in [1.82, 2.24) is 10.3 Å². The van der Waals surface area contributed by atoms with Crippen molar-refractivity contribution in [3.05, 3.63) is 78.5 Å². The van der Waals surface area contributed by atoms with Gasteiger partial charge in [-0.05, 0) is 49.4 Å². The van der Waals surface area contributed by atoms with Crippen molar-refractivity contribution in [2.45, 2.75) is 26.8 Å². The molecule has 7 nitrogen and oxygen atoms in total. The van der Waals surface area contributed by atoms with Gasteiger partial charge in [0.1, 0.15) is 17.2 Å². The number of para-hydroxylation sites is 1. The second-order valence-corrected chi connectivity index (χ2v) is 7.93. The monoisotopic (exact) mass is 487 g/mol. The van der Waals surface area contributed by atoms with E-state index in [2.05, 4.69) is 21.7 Å². The molecule has 0 radical (unpaired) electrons. The second kappa shape index (κ2) is 12.7. The van der Waals surface area contributed by atoms with Crippen LogP contribution < -0.4 is 29.6 Å². The highest BCUT2D eigenvalue weighted by Gasteiger charge is 2.16. The number of ether oxygens (including phenoxy) is 4. The van der Waals surface area contributed by atoms with Crippen molar-refractivity contribution in [3.63, 3.8) is 0 Å². The summed E-state index contributed by atoms with van der Waals surface area (Å²) >= 11 is 0. The summed E-state index contributed by atoms with van der Waals surface area (Å²) in [6, 6.07) is 21.5. The topological polar surface area (TPSA) is 73.9 Å². The van der Waals surface area contributed by atoms with Crippen LogP contribution in [0.3, 0.4) is 0 Å². The molecule has 188 valence electrons. The molecule has 0 amide bonds. The van der Waals surface area contributed by atoms with Gasteiger partial charge in [0, 0.05) is 48.1 Å². The van der Waals surface area contributed by atoms with Gasteiger partial charge >= 0.3 is 0 Å². The molecule has 0 saturated heterocycles. The van der Waals surface area contributed by atoms with E-state index >= 15 is 0 Å². The summed E-state index contributed by atoms with van der Waals surface area (Å²) < 4.78 is 22.3. The van der Waals surface area contributed by atoms with Crippen LogP contribution in [0.2, 0.25) is 0 Å². The average Bonchev–Trinajstić information content (AvgIpc) is 3.42. The first-order chi connectivity index (χ1) is 17.8. The van der Waals surface area contributed by atoms with Crippen LogP contribution in [0.15, 0.2) is 72.9 Å². The molecule has 5 rings (SSSR count). The Morgan fingerprint density at radius 1 is 0.889 bits per heavy atom. The van der Waals surface area contributed by atoms with Gasteiger partial charge in [-0.2, -0.15) is 0 Å². The van der Waals surface area contributed by atoms with Gasteiger partial charge in [0.25, 0.3) is 0 Å². The molecule has 1 aliphatic heterocycles. The van der Waals surface area contributed by atoms with Crippen molar-refractivity contribution in [3.8, 4) is 28.7 Å². The predicted molar refractivity (Wildman–Crippen MR) is 144 cm³/mol. The number of pyridine rings is 1. The molecule has 0 fully saturated rings. The summed E-state index contributed by atoms with van der Waals surface area (Å²) in [5, 5.41) is 8.07. The molecule has 0 bridgehead atoms. The van der Waals surface area contributed by atoms with Crippen LogP contribution in [-0.2, 0) is 6.54 Å². The Hall–Kier alpha value is -3.97. The molecule has 4 aromatic rings. The van der Waals surface area contributed by atoms with E-state index in [1.807, 2.05) is 80.7 Å². The number of rotatable bonds is 10. The van der Waals surface area contributed by atoms with Crippen LogP contribution >= 0.6 is 0 Å². The first-order valence-corrected chi connectivity index (χ1v) is 12.3. The minimum atomic E-state index is 0.296. The number of nitrogens with zero attached hydrogens (tertiary/aromatic N) is 1. The first kappa shape index (κ1) is 25.1. The summed E-state index contributed by atoms with van der Waals surface area (Å²) in [6.07, 6.45) is 2.80. The Labute approximate surface area is 212 Å². The molecule has 2 N–H and O–H groups in total. The van der Waals surface area contributed by atoms with Crippen molar-refractivity contribution >= 4 is 16.6 Å². The number of nitrogens with one attached hydrogen (secondary N) is 2. The SMILES string of the molecule is CC.COc1cccc(Oc2ccc3c(NCCCNCc4cccc5c4OCO5)ccnc3c2)c1. The zero-order valence-corrected chi connectivity index (χ0v) is 21.0. The highest BCUT2D eigenvalue weighted by atomic mass is 16.7. The van der Waals surface area contributed by atoms with Crippen LogP contribution in [-0.4, -0.2) is 32.0 Å². The van der Waals surface area contributed by atoms with E-state index < -0.39 is 0 Å². The fourth-order valence-corrected chi connectivity index (χ4v) is 3.94. The fraction of sp³-hybridized carbons (Fsp3) is 0.276. The first-order valence-electron chi connectivity index (χ1n) is 12.3. The average molecular weight is 488 g/mol. The van der Waals surface area contributed by atoms with Crippen LogP contribution in [0.5, 0.6) is 28.7 Å². The van der Waals surface area contributed by atoms with Gasteiger partial charge in [-0.3, -0.25) is 4.98 Å². The maximum atomic E-state index is 5.99. The molecule has 0 spiro atoms. The van der Waals surface area contributed by atoms with Crippen molar-refractivity contribution in [1.29, 1.82) is 0 Å². The van der Waals surface area contributed by atoms with Crippen LogP contribution in [0, 0.1) is 0 Å². The zero-order chi connectivity index (χ0) is 25.2. The third-order valence-corrected chi connectivity index (χ3v) is 5.63. The zero-order valence-electron chi connectivity index (χ0n) is 21.0. The van der Waals surface area contributed by atoms with Gasteiger partial charge in [0.15, 0.2) is 11.5 Å². The second-order valence-electron chi connectivity index (χ2n) is 7.93. The number of anilines is 1. The minimum absolute atomic E-state index is 0.296. The number of methoxy groups -OCH3 is 1. The Kier molecular flexibility index (Phi) is 8.83. The Bertz CT molecular complexity index is 1280. The third kappa shape index (κ3) is 6.17. The van der Waals surface area contributed by atoms with Gasteiger partial charge in [0.2, 0.25) is 6.79 Å². The molecule has 0 unspecified atom stereocenters. The number of hydrogen-bond acceptors (Lipinski definition) is 7. The van der Waals surface area contributed by atoms with Gasteiger partial charge in [-0.25, -0.2) is 0 Å². The number of hydrogen-bond donors (Lipinski definition) is 2. The summed E-state index contributed by atoms with van der Waals surface area (Å²) in [5.41, 5.74) is 3.06. The van der Waals surface area contributed by atoms with Gasteiger partial charge in [-0.1, -0.05) is 32.0 Å². The number of aromatic nitrogens is 1. The van der Waals surface area contributed by atoms with Crippen molar-refractivity contribution < 1.29 is 18.9 Å². The number of benzene rings is 3. The molecule has 1 aromatic heterocycles. The highest BCUT2D eigenvalue weighted by molar-refractivity contribution is 5.91. The maximum Gasteiger partial charge on any atom is 0.231 e. The lowest BCUT2D eigenvalue weighted by Gasteiger charge is -2.12. The lowest BCUT2D eigenvalue weighted by molar-refractivity contribution is 0.173. The molecule has 2 heterocycles. The van der Waals surface area contributed by atoms with E-state index in [0.29, 0.717) is 6.79 Å². The van der Waals surface area contributed by atoms with Crippen molar-refractivity contribution in [2.24, 2.45) is 0 Å². The normalized spacial score (nSPS) is 11.5. The lowest BCUT2D eigenvalue weighted by Crippen LogP contribution is -2.18. The van der Waals surface area contributed by atoms with Crippen LogP contribution in [0.25, 0.3) is 10.9 Å². The molecular weight excluding hydrogens is 454 g/mol. The van der Waals surface area contributed by atoms with Gasteiger partial charge in [0.05, 0.1) is 12.6 Å². The Morgan fingerprint density at radius 2 is 1.72 bits per heavy atom. The van der Waals surface area contributed by atoms with E-state index in [4.69, 9.17) is 18.9 Å². The molecular formula is C29H33N3O4. The van der Waals surface area contributed by atoms with E-state index in [1.165, 1.54) is 0 Å². The van der Waals surface area contributed by atoms with Crippen LogP contribution in [0.1, 0.15) is 25.8 Å². The van der Waals surface area contributed by atoms with E-state index in [1.54, 1.807) is 7.11 Å². The molecule has 36 heavy (non-hydrogen) atoms. The number of fused-ring (bicyclic) bond motifs is 2. The summed E-state index contributed by atoms with van der Waals surface area (Å²) in [5.74, 6) is 3.89. The van der Waals surface area contributed by atoms with E-state index in [-0.39, 0.29) is 0 Å².